The van der Waals surface area contributed by atoms with Gasteiger partial charge in [0.05, 0.1) is 5.71 Å². The number of nitrogens with two attached hydrogens (primary N) is 1. The van der Waals surface area contributed by atoms with E-state index < -0.39 is 0 Å². The molecular formula is C16H29N3. The van der Waals surface area contributed by atoms with E-state index in [9.17, 15) is 0 Å². The van der Waals surface area contributed by atoms with Gasteiger partial charge in [-0.1, -0.05) is 34.1 Å². The van der Waals surface area contributed by atoms with Gasteiger partial charge in [0, 0.05) is 25.1 Å². The standard InChI is InChI=1S/C16H29N3/c1-14(2)10-8-6-5-7-9-11-16(19-17)13-18-12-15(3)4/h13-15H,5-7,9,11-12,17H2,1-4H3. The predicted molar refractivity (Wildman–Crippen MR) is 85.5 cm³/mol. The van der Waals surface area contributed by atoms with Crippen LogP contribution in [0.25, 0.3) is 0 Å². The second kappa shape index (κ2) is 11.8. The number of nitrogens with zero attached hydrogens (tertiary/aromatic N) is 2. The van der Waals surface area contributed by atoms with Crippen molar-refractivity contribution in [3.63, 3.8) is 0 Å². The maximum absolute atomic E-state index is 5.36. The third kappa shape index (κ3) is 12.9. The maximum atomic E-state index is 5.36. The van der Waals surface area contributed by atoms with Gasteiger partial charge in [0.1, 0.15) is 0 Å². The molecule has 19 heavy (non-hydrogen) atoms. The largest absolute Gasteiger partial charge is 0.323 e. The Hall–Kier alpha value is -1.30. The highest BCUT2D eigenvalue weighted by molar-refractivity contribution is 6.30. The summed E-state index contributed by atoms with van der Waals surface area (Å²) in [6, 6.07) is 0. The Bertz CT molecular complexity index is 330. The van der Waals surface area contributed by atoms with E-state index in [0.717, 1.165) is 37.9 Å². The van der Waals surface area contributed by atoms with Crippen molar-refractivity contribution in [1.29, 1.82) is 0 Å². The van der Waals surface area contributed by atoms with E-state index in [-0.39, 0.29) is 0 Å². The summed E-state index contributed by atoms with van der Waals surface area (Å²) in [7, 11) is 0. The van der Waals surface area contributed by atoms with Crippen LogP contribution in [0.4, 0.5) is 0 Å². The number of hydrazone groups is 1. The molecule has 0 heterocycles. The van der Waals surface area contributed by atoms with E-state index in [2.05, 4.69) is 49.6 Å². The van der Waals surface area contributed by atoms with E-state index in [1.54, 1.807) is 0 Å². The van der Waals surface area contributed by atoms with Gasteiger partial charge in [0.2, 0.25) is 0 Å². The zero-order valence-corrected chi connectivity index (χ0v) is 12.9. The van der Waals surface area contributed by atoms with E-state index in [4.69, 9.17) is 5.84 Å². The smallest absolute Gasteiger partial charge is 0.0778 e. The summed E-state index contributed by atoms with van der Waals surface area (Å²) >= 11 is 0. The van der Waals surface area contributed by atoms with E-state index in [1.807, 2.05) is 6.21 Å². The minimum atomic E-state index is 0.480. The molecule has 0 atom stereocenters. The van der Waals surface area contributed by atoms with Crippen LogP contribution < -0.4 is 5.84 Å². The molecular weight excluding hydrogens is 234 g/mol. The minimum absolute atomic E-state index is 0.480. The van der Waals surface area contributed by atoms with Crippen LogP contribution in [0.15, 0.2) is 10.1 Å². The Kier molecular flexibility index (Phi) is 11.0. The molecule has 0 saturated heterocycles. The van der Waals surface area contributed by atoms with Crippen molar-refractivity contribution in [2.45, 2.75) is 59.8 Å². The zero-order valence-electron chi connectivity index (χ0n) is 12.9. The van der Waals surface area contributed by atoms with Crippen molar-refractivity contribution < 1.29 is 0 Å². The topological polar surface area (TPSA) is 50.7 Å². The number of hydrogen-bond donors (Lipinski definition) is 1. The molecule has 0 aromatic carbocycles. The molecule has 0 aromatic rings. The summed E-state index contributed by atoms with van der Waals surface area (Å²) in [5, 5.41) is 3.78. The van der Waals surface area contributed by atoms with Crippen molar-refractivity contribution in [3.8, 4) is 11.8 Å². The molecule has 0 aliphatic heterocycles. The van der Waals surface area contributed by atoms with Crippen LogP contribution in [0, 0.1) is 23.7 Å². The lowest BCUT2D eigenvalue weighted by atomic mass is 10.1. The summed E-state index contributed by atoms with van der Waals surface area (Å²) in [5.74, 6) is 12.8. The summed E-state index contributed by atoms with van der Waals surface area (Å²) in [6.45, 7) is 9.37. The Morgan fingerprint density at radius 1 is 1.16 bits per heavy atom. The molecule has 0 rings (SSSR count). The van der Waals surface area contributed by atoms with Crippen molar-refractivity contribution in [3.05, 3.63) is 0 Å². The first-order valence-electron chi connectivity index (χ1n) is 7.31. The van der Waals surface area contributed by atoms with Gasteiger partial charge in [-0.15, -0.1) is 11.8 Å². The fourth-order valence-electron chi connectivity index (χ4n) is 1.50. The zero-order chi connectivity index (χ0) is 14.5. The molecule has 0 radical (unpaired) electrons. The lowest BCUT2D eigenvalue weighted by Gasteiger charge is -2.00. The number of unbranched alkanes of at least 4 members (excludes halogenated alkanes) is 3. The third-order valence-corrected chi connectivity index (χ3v) is 2.50. The third-order valence-electron chi connectivity index (χ3n) is 2.50. The van der Waals surface area contributed by atoms with Crippen LogP contribution in [-0.2, 0) is 0 Å². The lowest BCUT2D eigenvalue weighted by molar-refractivity contribution is 0.667. The molecule has 0 fully saturated rings. The molecule has 0 aliphatic rings. The Labute approximate surface area is 118 Å². The fourth-order valence-corrected chi connectivity index (χ4v) is 1.50. The average Bonchev–Trinajstić information content (AvgIpc) is 2.34. The van der Waals surface area contributed by atoms with Crippen LogP contribution in [0.5, 0.6) is 0 Å². The molecule has 0 unspecified atom stereocenters. The summed E-state index contributed by atoms with van der Waals surface area (Å²) in [5.41, 5.74) is 0.897. The van der Waals surface area contributed by atoms with Crippen molar-refractivity contribution in [1.82, 2.24) is 0 Å². The van der Waals surface area contributed by atoms with Gasteiger partial charge in [-0.25, -0.2) is 0 Å². The predicted octanol–water partition coefficient (Wildman–Crippen LogP) is 3.64. The number of aliphatic imine (C=N–C) groups is 1. The normalized spacial score (nSPS) is 12.2. The summed E-state index contributed by atoms with van der Waals surface area (Å²) in [4.78, 5) is 4.33. The van der Waals surface area contributed by atoms with Crippen molar-refractivity contribution >= 4 is 11.9 Å². The molecule has 0 amide bonds. The SMILES string of the molecule is CC(C)C#CCCCCCC(C=NCC(C)C)=NN. The van der Waals surface area contributed by atoms with Gasteiger partial charge in [-0.2, -0.15) is 5.10 Å². The van der Waals surface area contributed by atoms with Gasteiger partial charge >= 0.3 is 0 Å². The van der Waals surface area contributed by atoms with E-state index >= 15 is 0 Å². The van der Waals surface area contributed by atoms with Gasteiger partial charge in [-0.3, -0.25) is 4.99 Å². The first-order valence-corrected chi connectivity index (χ1v) is 7.31. The fraction of sp³-hybridized carbons (Fsp3) is 0.750. The molecule has 3 heteroatoms. The highest BCUT2D eigenvalue weighted by Gasteiger charge is 1.96. The van der Waals surface area contributed by atoms with Gasteiger partial charge in [0.15, 0.2) is 0 Å². The maximum Gasteiger partial charge on any atom is 0.0778 e. The van der Waals surface area contributed by atoms with Crippen LogP contribution >= 0.6 is 0 Å². The second-order valence-corrected chi connectivity index (χ2v) is 5.55. The lowest BCUT2D eigenvalue weighted by Crippen LogP contribution is -2.05. The Balaban J connectivity index is 3.69. The summed E-state index contributed by atoms with van der Waals surface area (Å²) in [6.07, 6.45) is 7.15. The molecule has 108 valence electrons. The molecule has 0 bridgehead atoms. The van der Waals surface area contributed by atoms with Crippen LogP contribution in [0.2, 0.25) is 0 Å². The van der Waals surface area contributed by atoms with E-state index in [1.165, 1.54) is 6.42 Å². The monoisotopic (exact) mass is 263 g/mol. The van der Waals surface area contributed by atoms with Gasteiger partial charge < -0.3 is 5.84 Å². The number of hydrogen-bond acceptors (Lipinski definition) is 3. The van der Waals surface area contributed by atoms with Gasteiger partial charge in [0.25, 0.3) is 0 Å². The van der Waals surface area contributed by atoms with E-state index in [0.29, 0.717) is 11.8 Å². The average molecular weight is 263 g/mol. The van der Waals surface area contributed by atoms with Gasteiger partial charge in [-0.05, 0) is 25.2 Å². The van der Waals surface area contributed by atoms with Crippen LogP contribution in [0.1, 0.15) is 59.8 Å². The Morgan fingerprint density at radius 2 is 1.89 bits per heavy atom. The van der Waals surface area contributed by atoms with Crippen LogP contribution in [0.3, 0.4) is 0 Å². The number of rotatable bonds is 8. The molecule has 0 aliphatic carbocycles. The second-order valence-electron chi connectivity index (χ2n) is 5.55. The summed E-state index contributed by atoms with van der Waals surface area (Å²) < 4.78 is 0. The van der Waals surface area contributed by atoms with Crippen molar-refractivity contribution in [2.24, 2.45) is 27.8 Å². The first kappa shape index (κ1) is 17.7. The molecule has 0 saturated carbocycles. The highest BCUT2D eigenvalue weighted by Crippen LogP contribution is 2.03. The van der Waals surface area contributed by atoms with Crippen molar-refractivity contribution in [2.75, 3.05) is 6.54 Å². The Morgan fingerprint density at radius 3 is 2.47 bits per heavy atom. The quantitative estimate of drug-likeness (QED) is 0.235. The molecule has 3 nitrogen and oxygen atoms in total. The van der Waals surface area contributed by atoms with Crippen LogP contribution in [-0.4, -0.2) is 18.5 Å². The molecule has 2 N–H and O–H groups in total. The minimum Gasteiger partial charge on any atom is -0.323 e. The highest BCUT2D eigenvalue weighted by atomic mass is 15.1. The molecule has 0 aromatic heterocycles. The molecule has 0 spiro atoms. The first-order chi connectivity index (χ1) is 9.06.